The fraction of sp³-hybridized carbons (Fsp3) is 0.296. The molecule has 1 aliphatic carbocycles. The van der Waals surface area contributed by atoms with Crippen molar-refractivity contribution in [1.29, 1.82) is 0 Å². The molecular formula is C27H25N5O2S. The van der Waals surface area contributed by atoms with Gasteiger partial charge in [0, 0.05) is 35.5 Å². The van der Waals surface area contributed by atoms with Gasteiger partial charge in [0.15, 0.2) is 0 Å². The van der Waals surface area contributed by atoms with Crippen LogP contribution in [0.1, 0.15) is 39.9 Å². The molecule has 2 aliphatic heterocycles. The topological polar surface area (TPSA) is 83.1 Å². The van der Waals surface area contributed by atoms with E-state index in [9.17, 15) is 4.79 Å². The van der Waals surface area contributed by atoms with Gasteiger partial charge in [-0.05, 0) is 41.8 Å². The molecule has 1 saturated heterocycles. The van der Waals surface area contributed by atoms with Gasteiger partial charge in [-0.3, -0.25) is 14.8 Å². The Balaban J connectivity index is 1.09. The number of amides is 1. The number of anilines is 1. The van der Waals surface area contributed by atoms with Crippen LogP contribution in [-0.4, -0.2) is 52.3 Å². The van der Waals surface area contributed by atoms with Crippen LogP contribution in [0.25, 0.3) is 23.1 Å². The second-order valence-corrected chi connectivity index (χ2v) is 10.5. The molecule has 7 nitrogen and oxygen atoms in total. The van der Waals surface area contributed by atoms with Crippen LogP contribution in [0.5, 0.6) is 0 Å². The maximum atomic E-state index is 12.8. The van der Waals surface area contributed by atoms with E-state index >= 15 is 0 Å². The molecule has 4 aromatic rings. The summed E-state index contributed by atoms with van der Waals surface area (Å²) >= 11 is 1.69. The van der Waals surface area contributed by atoms with Gasteiger partial charge in [0.05, 0.1) is 42.1 Å². The Morgan fingerprint density at radius 3 is 2.97 bits per heavy atom. The lowest BCUT2D eigenvalue weighted by molar-refractivity contribution is -0.118. The normalized spacial score (nSPS) is 23.9. The van der Waals surface area contributed by atoms with Gasteiger partial charge in [-0.2, -0.15) is 5.10 Å². The molecule has 2 atom stereocenters. The highest BCUT2D eigenvalue weighted by Gasteiger charge is 2.65. The highest BCUT2D eigenvalue weighted by atomic mass is 32.1. The number of nitrogens with zero attached hydrogens (tertiary/aromatic N) is 3. The van der Waals surface area contributed by atoms with Crippen LogP contribution in [0, 0.1) is 0 Å². The number of ether oxygens (including phenoxy) is 1. The van der Waals surface area contributed by atoms with Gasteiger partial charge in [0.1, 0.15) is 5.01 Å². The van der Waals surface area contributed by atoms with Crippen LogP contribution in [0.4, 0.5) is 5.69 Å². The summed E-state index contributed by atoms with van der Waals surface area (Å²) in [5, 5.41) is 15.1. The number of aromatic nitrogens is 3. The number of hydrogen-bond acceptors (Lipinski definition) is 6. The van der Waals surface area contributed by atoms with Crippen molar-refractivity contribution in [3.8, 4) is 0 Å². The van der Waals surface area contributed by atoms with Crippen LogP contribution >= 0.6 is 11.3 Å². The van der Waals surface area contributed by atoms with Crippen LogP contribution in [-0.2, 0) is 21.5 Å². The fourth-order valence-electron chi connectivity index (χ4n) is 5.54. The molecule has 2 aromatic heterocycles. The van der Waals surface area contributed by atoms with Gasteiger partial charge < -0.3 is 10.1 Å². The number of rotatable bonds is 5. The Morgan fingerprint density at radius 1 is 1.17 bits per heavy atom. The van der Waals surface area contributed by atoms with Gasteiger partial charge in [-0.15, -0.1) is 11.3 Å². The summed E-state index contributed by atoms with van der Waals surface area (Å²) in [5.41, 5.74) is 5.67. The maximum absolute atomic E-state index is 12.8. The third-order valence-electron chi connectivity index (χ3n) is 7.48. The number of morpholine rings is 1. The first-order valence-corrected chi connectivity index (χ1v) is 12.9. The van der Waals surface area contributed by atoms with E-state index in [4.69, 9.17) is 9.72 Å². The van der Waals surface area contributed by atoms with E-state index < -0.39 is 5.41 Å². The van der Waals surface area contributed by atoms with Crippen molar-refractivity contribution in [3.05, 3.63) is 75.4 Å². The number of carbonyl (C=O) groups excluding carboxylic acids is 1. The molecule has 4 heterocycles. The molecule has 2 fully saturated rings. The number of fused-ring (bicyclic) bond motifs is 3. The largest absolute Gasteiger partial charge is 0.379 e. The van der Waals surface area contributed by atoms with Gasteiger partial charge in [0.2, 0.25) is 5.91 Å². The van der Waals surface area contributed by atoms with E-state index in [0.717, 1.165) is 77.8 Å². The molecule has 2 N–H and O–H groups in total. The summed E-state index contributed by atoms with van der Waals surface area (Å²) in [5.74, 6) is 0.311. The van der Waals surface area contributed by atoms with Crippen molar-refractivity contribution < 1.29 is 9.53 Å². The second-order valence-electron chi connectivity index (χ2n) is 9.53. The minimum atomic E-state index is -0.420. The Morgan fingerprint density at radius 2 is 2.06 bits per heavy atom. The summed E-state index contributed by atoms with van der Waals surface area (Å²) in [6.45, 7) is 4.40. The minimum absolute atomic E-state index is 0.119. The molecule has 176 valence electrons. The molecule has 35 heavy (non-hydrogen) atoms. The first-order valence-electron chi connectivity index (χ1n) is 12.0. The lowest BCUT2D eigenvalue weighted by Gasteiger charge is -2.25. The molecule has 1 amide bonds. The summed E-state index contributed by atoms with van der Waals surface area (Å²) in [6.07, 6.45) is 4.89. The molecule has 0 radical (unpaired) electrons. The van der Waals surface area contributed by atoms with Crippen LogP contribution in [0.2, 0.25) is 0 Å². The zero-order valence-corrected chi connectivity index (χ0v) is 20.0. The molecule has 2 aromatic carbocycles. The highest BCUT2D eigenvalue weighted by molar-refractivity contribution is 7.09. The fourth-order valence-corrected chi connectivity index (χ4v) is 6.35. The van der Waals surface area contributed by atoms with Gasteiger partial charge >= 0.3 is 0 Å². The third kappa shape index (κ3) is 3.52. The first kappa shape index (κ1) is 21.0. The Labute approximate surface area is 206 Å². The number of nitrogens with one attached hydrogen (secondary N) is 2. The average molecular weight is 484 g/mol. The average Bonchev–Trinajstić information content (AvgIpc) is 3.12. The van der Waals surface area contributed by atoms with Gasteiger partial charge in [-0.25, -0.2) is 4.98 Å². The number of H-pyrrole nitrogens is 1. The molecule has 0 bridgehead atoms. The second kappa shape index (κ2) is 8.12. The smallest absolute Gasteiger partial charge is 0.235 e. The monoisotopic (exact) mass is 483 g/mol. The molecule has 1 spiro atoms. The zero-order chi connectivity index (χ0) is 23.4. The van der Waals surface area contributed by atoms with Gasteiger partial charge in [-0.1, -0.05) is 30.3 Å². The van der Waals surface area contributed by atoms with Crippen molar-refractivity contribution in [3.63, 3.8) is 0 Å². The molecule has 1 saturated carbocycles. The van der Waals surface area contributed by atoms with E-state index in [1.54, 1.807) is 11.3 Å². The molecule has 1 unspecified atom stereocenters. The van der Waals surface area contributed by atoms with Crippen molar-refractivity contribution >= 4 is 46.0 Å². The maximum Gasteiger partial charge on any atom is 0.235 e. The Kier molecular flexibility index (Phi) is 4.87. The summed E-state index contributed by atoms with van der Waals surface area (Å²) in [7, 11) is 0. The number of thiazole rings is 1. The van der Waals surface area contributed by atoms with E-state index in [2.05, 4.69) is 50.1 Å². The SMILES string of the molecule is O=C1Nc2ccccc2C12C[C@H]2c1ccc2c(/C=C/c3csc(CN4CCOCC4)n3)n[nH]c2c1. The summed E-state index contributed by atoms with van der Waals surface area (Å²) in [4.78, 5) is 20.0. The van der Waals surface area contributed by atoms with E-state index in [-0.39, 0.29) is 11.8 Å². The highest BCUT2D eigenvalue weighted by Crippen LogP contribution is 2.64. The molecule has 8 heteroatoms. The lowest BCUT2D eigenvalue weighted by atomic mass is 9.92. The van der Waals surface area contributed by atoms with E-state index in [0.29, 0.717) is 0 Å². The third-order valence-corrected chi connectivity index (χ3v) is 8.34. The predicted molar refractivity (Wildman–Crippen MR) is 137 cm³/mol. The van der Waals surface area contributed by atoms with Crippen molar-refractivity contribution in [1.82, 2.24) is 20.1 Å². The molecule has 3 aliphatic rings. The summed E-state index contributed by atoms with van der Waals surface area (Å²) < 4.78 is 5.43. The van der Waals surface area contributed by atoms with Crippen molar-refractivity contribution in [2.24, 2.45) is 0 Å². The standard InChI is InChI=1S/C27H25N5O2S/c33-26-27(20-3-1-2-4-23(20)29-26)14-21(27)17-5-7-19-22(30-31-24(19)13-17)8-6-18-16-35-25(28-18)15-32-9-11-34-12-10-32/h1-8,13,16,21H,9-12,14-15H2,(H,29,33)(H,30,31)/b8-6+/t21-,27?/m0/s1. The predicted octanol–water partition coefficient (Wildman–Crippen LogP) is 4.40. The Hall–Kier alpha value is -3.33. The van der Waals surface area contributed by atoms with Crippen LogP contribution in [0.15, 0.2) is 47.8 Å². The lowest BCUT2D eigenvalue weighted by Crippen LogP contribution is -2.35. The van der Waals surface area contributed by atoms with E-state index in [1.165, 1.54) is 5.56 Å². The van der Waals surface area contributed by atoms with Gasteiger partial charge in [0.25, 0.3) is 0 Å². The molecular weight excluding hydrogens is 458 g/mol. The number of para-hydroxylation sites is 1. The Bertz CT molecular complexity index is 1470. The minimum Gasteiger partial charge on any atom is -0.379 e. The zero-order valence-electron chi connectivity index (χ0n) is 19.2. The molecule has 7 rings (SSSR count). The number of hydrogen-bond donors (Lipinski definition) is 2. The quantitative estimate of drug-likeness (QED) is 0.440. The van der Waals surface area contributed by atoms with Crippen molar-refractivity contribution in [2.75, 3.05) is 31.6 Å². The number of aromatic amines is 1. The van der Waals surface area contributed by atoms with Crippen molar-refractivity contribution in [2.45, 2.75) is 24.3 Å². The number of carbonyl (C=O) groups is 1. The van der Waals surface area contributed by atoms with Crippen LogP contribution < -0.4 is 5.32 Å². The number of benzene rings is 2. The van der Waals surface area contributed by atoms with Crippen LogP contribution in [0.3, 0.4) is 0 Å². The summed E-state index contributed by atoms with van der Waals surface area (Å²) in [6, 6.07) is 14.5. The first-order chi connectivity index (χ1) is 17.2. The van der Waals surface area contributed by atoms with E-state index in [1.807, 2.05) is 30.4 Å².